The first-order valence-electron chi connectivity index (χ1n) is 10.6. The van der Waals surface area contributed by atoms with Crippen molar-refractivity contribution < 1.29 is 9.59 Å². The standard InChI is InChI=1S/C24H24IN5O2/c25-20-9-8-18(15-19(20)21-5-1-2-11-26-21)29-24(32)17-7-10-22(28-16-17)27-12-4-14-30-13-3-6-23(30)31/h1-2,5,7-11,15-16H,3-4,6,12-14H2,(H,27,28)(H,29,32). The minimum absolute atomic E-state index is 0.218. The molecular formula is C24H24IN5O2. The maximum Gasteiger partial charge on any atom is 0.257 e. The summed E-state index contributed by atoms with van der Waals surface area (Å²) >= 11 is 2.27. The third-order valence-corrected chi connectivity index (χ3v) is 6.21. The van der Waals surface area contributed by atoms with Crippen molar-refractivity contribution in [1.82, 2.24) is 14.9 Å². The van der Waals surface area contributed by atoms with Gasteiger partial charge in [0.1, 0.15) is 5.82 Å². The van der Waals surface area contributed by atoms with E-state index in [4.69, 9.17) is 0 Å². The van der Waals surface area contributed by atoms with Crippen molar-refractivity contribution in [3.05, 3.63) is 70.1 Å². The van der Waals surface area contributed by atoms with E-state index in [0.29, 0.717) is 23.5 Å². The number of carbonyl (C=O) groups excluding carboxylic acids is 2. The van der Waals surface area contributed by atoms with Crippen LogP contribution in [0.3, 0.4) is 0 Å². The van der Waals surface area contributed by atoms with Crippen LogP contribution >= 0.6 is 22.6 Å². The molecule has 0 unspecified atom stereocenters. The van der Waals surface area contributed by atoms with Gasteiger partial charge in [0.05, 0.1) is 11.3 Å². The fourth-order valence-corrected chi connectivity index (χ4v) is 4.20. The van der Waals surface area contributed by atoms with Crippen LogP contribution in [0.4, 0.5) is 11.5 Å². The first-order chi connectivity index (χ1) is 15.6. The van der Waals surface area contributed by atoms with E-state index in [1.54, 1.807) is 24.5 Å². The summed E-state index contributed by atoms with van der Waals surface area (Å²) in [6.07, 6.45) is 5.81. The molecule has 0 spiro atoms. The lowest BCUT2D eigenvalue weighted by atomic mass is 10.1. The fourth-order valence-electron chi connectivity index (χ4n) is 3.58. The average molecular weight is 541 g/mol. The predicted molar refractivity (Wildman–Crippen MR) is 134 cm³/mol. The summed E-state index contributed by atoms with van der Waals surface area (Å²) in [6, 6.07) is 15.1. The summed E-state index contributed by atoms with van der Waals surface area (Å²) in [5, 5.41) is 6.18. The summed E-state index contributed by atoms with van der Waals surface area (Å²) < 4.78 is 1.06. The molecule has 0 radical (unpaired) electrons. The van der Waals surface area contributed by atoms with Crippen molar-refractivity contribution in [1.29, 1.82) is 0 Å². The van der Waals surface area contributed by atoms with E-state index in [9.17, 15) is 9.59 Å². The largest absolute Gasteiger partial charge is 0.370 e. The lowest BCUT2D eigenvalue weighted by molar-refractivity contribution is -0.127. The number of halogens is 1. The molecule has 0 atom stereocenters. The van der Waals surface area contributed by atoms with Gasteiger partial charge in [0.2, 0.25) is 5.91 Å². The summed E-state index contributed by atoms with van der Waals surface area (Å²) in [4.78, 5) is 35.0. The van der Waals surface area contributed by atoms with Crippen LogP contribution < -0.4 is 10.6 Å². The van der Waals surface area contributed by atoms with Crippen LogP contribution in [0.15, 0.2) is 60.9 Å². The minimum Gasteiger partial charge on any atom is -0.370 e. The number of nitrogens with one attached hydrogen (secondary N) is 2. The second kappa shape index (κ2) is 10.5. The Morgan fingerprint density at radius 1 is 1.12 bits per heavy atom. The van der Waals surface area contributed by atoms with Crippen LogP contribution in [-0.4, -0.2) is 46.3 Å². The van der Waals surface area contributed by atoms with Crippen LogP contribution in [0.25, 0.3) is 11.3 Å². The molecular weight excluding hydrogens is 517 g/mol. The minimum atomic E-state index is -0.218. The number of aromatic nitrogens is 2. The number of amides is 2. The van der Waals surface area contributed by atoms with E-state index in [1.165, 1.54) is 0 Å². The van der Waals surface area contributed by atoms with Gasteiger partial charge in [-0.3, -0.25) is 14.6 Å². The highest BCUT2D eigenvalue weighted by Gasteiger charge is 2.18. The van der Waals surface area contributed by atoms with Crippen molar-refractivity contribution in [3.8, 4) is 11.3 Å². The van der Waals surface area contributed by atoms with Crippen LogP contribution in [0.2, 0.25) is 0 Å². The molecule has 2 amide bonds. The SMILES string of the molecule is O=C(Nc1ccc(I)c(-c2ccccn2)c1)c1ccc(NCCCN2CCCC2=O)nc1. The Morgan fingerprint density at radius 2 is 2.03 bits per heavy atom. The van der Waals surface area contributed by atoms with Gasteiger partial charge in [-0.05, 0) is 77.9 Å². The molecule has 1 fully saturated rings. The van der Waals surface area contributed by atoms with Gasteiger partial charge < -0.3 is 15.5 Å². The highest BCUT2D eigenvalue weighted by atomic mass is 127. The lowest BCUT2D eigenvalue weighted by Gasteiger charge is -2.15. The van der Waals surface area contributed by atoms with Gasteiger partial charge in [-0.2, -0.15) is 0 Å². The zero-order valence-corrected chi connectivity index (χ0v) is 19.7. The monoisotopic (exact) mass is 541 g/mol. The van der Waals surface area contributed by atoms with E-state index < -0.39 is 0 Å². The Balaban J connectivity index is 1.31. The highest BCUT2D eigenvalue weighted by Crippen LogP contribution is 2.27. The Labute approximate surface area is 200 Å². The Hall–Kier alpha value is -3.01. The molecule has 1 aliphatic rings. The van der Waals surface area contributed by atoms with E-state index in [1.807, 2.05) is 41.3 Å². The number of hydrogen-bond donors (Lipinski definition) is 2. The van der Waals surface area contributed by atoms with Gasteiger partial charge in [0.15, 0.2) is 0 Å². The highest BCUT2D eigenvalue weighted by molar-refractivity contribution is 14.1. The first kappa shape index (κ1) is 22.2. The number of hydrogen-bond acceptors (Lipinski definition) is 5. The van der Waals surface area contributed by atoms with Gasteiger partial charge >= 0.3 is 0 Å². The molecule has 3 heterocycles. The molecule has 7 nitrogen and oxygen atoms in total. The molecule has 3 aromatic rings. The summed E-state index contributed by atoms with van der Waals surface area (Å²) in [6.45, 7) is 2.36. The normalized spacial score (nSPS) is 13.3. The number of pyridine rings is 2. The quantitative estimate of drug-likeness (QED) is 0.326. The van der Waals surface area contributed by atoms with Crippen molar-refractivity contribution in [2.24, 2.45) is 0 Å². The van der Waals surface area contributed by atoms with Gasteiger partial charge in [-0.15, -0.1) is 0 Å². The smallest absolute Gasteiger partial charge is 0.257 e. The van der Waals surface area contributed by atoms with Crippen LogP contribution in [0.1, 0.15) is 29.6 Å². The number of rotatable bonds is 8. The predicted octanol–water partition coefficient (Wildman–Crippen LogP) is 4.42. The van der Waals surface area contributed by atoms with Crippen molar-refractivity contribution in [2.45, 2.75) is 19.3 Å². The number of likely N-dealkylation sites (tertiary alicyclic amines) is 1. The maximum absolute atomic E-state index is 12.7. The number of carbonyl (C=O) groups is 2. The van der Waals surface area contributed by atoms with Crippen LogP contribution in [-0.2, 0) is 4.79 Å². The van der Waals surface area contributed by atoms with E-state index in [0.717, 1.165) is 47.3 Å². The topological polar surface area (TPSA) is 87.2 Å². The maximum atomic E-state index is 12.7. The molecule has 2 aromatic heterocycles. The van der Waals surface area contributed by atoms with Crippen LogP contribution in [0.5, 0.6) is 0 Å². The third kappa shape index (κ3) is 5.61. The van der Waals surface area contributed by atoms with E-state index in [-0.39, 0.29) is 11.8 Å². The lowest BCUT2D eigenvalue weighted by Crippen LogP contribution is -2.27. The van der Waals surface area contributed by atoms with E-state index in [2.05, 4.69) is 43.2 Å². The second-order valence-electron chi connectivity index (χ2n) is 7.56. The Bertz CT molecular complexity index is 1090. The summed E-state index contributed by atoms with van der Waals surface area (Å²) in [5.74, 6) is 0.740. The molecule has 164 valence electrons. The van der Waals surface area contributed by atoms with E-state index >= 15 is 0 Å². The van der Waals surface area contributed by atoms with Crippen LogP contribution in [0, 0.1) is 3.57 Å². The molecule has 1 aliphatic heterocycles. The number of benzene rings is 1. The molecule has 1 saturated heterocycles. The van der Waals surface area contributed by atoms with Gasteiger partial charge in [-0.1, -0.05) is 6.07 Å². The van der Waals surface area contributed by atoms with Crippen molar-refractivity contribution >= 4 is 45.9 Å². The molecule has 2 N–H and O–H groups in total. The second-order valence-corrected chi connectivity index (χ2v) is 8.72. The molecule has 0 aliphatic carbocycles. The zero-order valence-electron chi connectivity index (χ0n) is 17.6. The molecule has 1 aromatic carbocycles. The van der Waals surface area contributed by atoms with Crippen molar-refractivity contribution in [2.75, 3.05) is 30.3 Å². The zero-order chi connectivity index (χ0) is 22.3. The number of anilines is 2. The van der Waals surface area contributed by atoms with Crippen molar-refractivity contribution in [3.63, 3.8) is 0 Å². The van der Waals surface area contributed by atoms with Gasteiger partial charge in [0, 0.05) is 53.3 Å². The molecule has 8 heteroatoms. The average Bonchev–Trinajstić information content (AvgIpc) is 3.23. The fraction of sp³-hybridized carbons (Fsp3) is 0.250. The molecule has 0 bridgehead atoms. The Morgan fingerprint density at radius 3 is 2.75 bits per heavy atom. The molecule has 32 heavy (non-hydrogen) atoms. The molecule has 4 rings (SSSR count). The summed E-state index contributed by atoms with van der Waals surface area (Å²) in [5.41, 5.74) is 3.02. The number of nitrogens with zero attached hydrogens (tertiary/aromatic N) is 3. The molecule has 0 saturated carbocycles. The Kier molecular flexibility index (Phi) is 7.31. The van der Waals surface area contributed by atoms with Gasteiger partial charge in [-0.25, -0.2) is 4.98 Å². The third-order valence-electron chi connectivity index (χ3n) is 5.27. The summed E-state index contributed by atoms with van der Waals surface area (Å²) in [7, 11) is 0. The first-order valence-corrected chi connectivity index (χ1v) is 11.7. The van der Waals surface area contributed by atoms with Gasteiger partial charge in [0.25, 0.3) is 5.91 Å².